The van der Waals surface area contributed by atoms with Gasteiger partial charge in [0.25, 0.3) is 0 Å². The Morgan fingerprint density at radius 2 is 2.07 bits per heavy atom. The molecule has 28 heavy (non-hydrogen) atoms. The molecule has 6 nitrogen and oxygen atoms in total. The van der Waals surface area contributed by atoms with Crippen LogP contribution < -0.4 is 5.32 Å². The summed E-state index contributed by atoms with van der Waals surface area (Å²) in [6.45, 7) is 5.60. The molecule has 0 aliphatic carbocycles. The molecule has 154 valence electrons. The van der Waals surface area contributed by atoms with Crippen LogP contribution in [0.25, 0.3) is 0 Å². The summed E-state index contributed by atoms with van der Waals surface area (Å²) in [6, 6.07) is 4.13. The second kappa shape index (κ2) is 7.89. The lowest BCUT2D eigenvalue weighted by Crippen LogP contribution is -2.57. The highest BCUT2D eigenvalue weighted by Crippen LogP contribution is 2.45. The molecule has 0 saturated carbocycles. The van der Waals surface area contributed by atoms with Crippen LogP contribution in [0.1, 0.15) is 52.9 Å². The van der Waals surface area contributed by atoms with Gasteiger partial charge in [-0.3, -0.25) is 10.2 Å². The molecule has 2 bridgehead atoms. The Morgan fingerprint density at radius 1 is 1.32 bits per heavy atom. The van der Waals surface area contributed by atoms with Crippen LogP contribution in [-0.4, -0.2) is 40.9 Å². The molecule has 1 N–H and O–H groups in total. The number of rotatable bonds is 3. The Bertz CT molecular complexity index is 763. The second-order valence-electron chi connectivity index (χ2n) is 8.48. The van der Waals surface area contributed by atoms with Crippen molar-refractivity contribution in [3.05, 3.63) is 28.5 Å². The van der Waals surface area contributed by atoms with Crippen LogP contribution in [0, 0.1) is 5.82 Å². The van der Waals surface area contributed by atoms with Crippen molar-refractivity contribution in [2.75, 3.05) is 11.9 Å². The SMILES string of the molecule is CC(C)(C)OC(=O)N1C2CCCC1(COC(=O)Nc1cc(F)ccc1Br)CC2. The predicted molar refractivity (Wildman–Crippen MR) is 107 cm³/mol. The van der Waals surface area contributed by atoms with Gasteiger partial charge < -0.3 is 9.47 Å². The summed E-state index contributed by atoms with van der Waals surface area (Å²) >= 11 is 3.27. The van der Waals surface area contributed by atoms with Crippen LogP contribution in [0.4, 0.5) is 19.7 Å². The van der Waals surface area contributed by atoms with E-state index >= 15 is 0 Å². The van der Waals surface area contributed by atoms with Crippen molar-refractivity contribution in [1.29, 1.82) is 0 Å². The minimum Gasteiger partial charge on any atom is -0.447 e. The monoisotopic (exact) mass is 456 g/mol. The van der Waals surface area contributed by atoms with E-state index in [-0.39, 0.29) is 18.7 Å². The summed E-state index contributed by atoms with van der Waals surface area (Å²) in [5.74, 6) is -0.459. The minimum atomic E-state index is -0.682. The molecule has 2 unspecified atom stereocenters. The third-order valence-electron chi connectivity index (χ3n) is 5.23. The van der Waals surface area contributed by atoms with E-state index < -0.39 is 23.1 Å². The first kappa shape index (κ1) is 20.9. The van der Waals surface area contributed by atoms with E-state index in [1.165, 1.54) is 18.2 Å². The predicted octanol–water partition coefficient (Wildman–Crippen LogP) is 5.46. The maximum Gasteiger partial charge on any atom is 0.411 e. The van der Waals surface area contributed by atoms with Crippen molar-refractivity contribution in [3.63, 3.8) is 0 Å². The smallest absolute Gasteiger partial charge is 0.411 e. The fourth-order valence-electron chi connectivity index (χ4n) is 4.06. The van der Waals surface area contributed by atoms with E-state index in [1.54, 1.807) is 4.90 Å². The molecule has 8 heteroatoms. The van der Waals surface area contributed by atoms with E-state index in [9.17, 15) is 14.0 Å². The van der Waals surface area contributed by atoms with Gasteiger partial charge in [-0.25, -0.2) is 14.0 Å². The molecule has 0 spiro atoms. The van der Waals surface area contributed by atoms with Gasteiger partial charge in [0.05, 0.1) is 11.2 Å². The first-order valence-electron chi connectivity index (χ1n) is 9.51. The van der Waals surface area contributed by atoms with Gasteiger partial charge in [-0.05, 0) is 87.0 Å². The molecule has 2 saturated heterocycles. The van der Waals surface area contributed by atoms with Gasteiger partial charge in [0.15, 0.2) is 0 Å². The van der Waals surface area contributed by atoms with Crippen molar-refractivity contribution in [2.24, 2.45) is 0 Å². The molecule has 2 aliphatic rings. The van der Waals surface area contributed by atoms with Crippen molar-refractivity contribution in [3.8, 4) is 0 Å². The highest BCUT2D eigenvalue weighted by Gasteiger charge is 2.53. The molecule has 3 rings (SSSR count). The van der Waals surface area contributed by atoms with E-state index in [2.05, 4.69) is 21.2 Å². The van der Waals surface area contributed by atoms with Crippen LogP contribution in [-0.2, 0) is 9.47 Å². The van der Waals surface area contributed by atoms with Gasteiger partial charge in [0.1, 0.15) is 18.0 Å². The number of nitrogens with one attached hydrogen (secondary N) is 1. The number of carbonyl (C=O) groups is 2. The summed E-state index contributed by atoms with van der Waals surface area (Å²) in [7, 11) is 0. The Balaban J connectivity index is 1.68. The van der Waals surface area contributed by atoms with Gasteiger partial charge in [-0.15, -0.1) is 0 Å². The average Bonchev–Trinajstić information content (AvgIpc) is 2.82. The molecular formula is C20H26BrFN2O4. The molecule has 2 amide bonds. The fourth-order valence-corrected chi connectivity index (χ4v) is 4.41. The number of halogens is 2. The summed E-state index contributed by atoms with van der Waals surface area (Å²) in [6.07, 6.45) is 3.28. The van der Waals surface area contributed by atoms with Crippen LogP contribution in [0.3, 0.4) is 0 Å². The molecular weight excluding hydrogens is 431 g/mol. The third-order valence-corrected chi connectivity index (χ3v) is 5.92. The maximum atomic E-state index is 13.4. The number of carbonyl (C=O) groups excluding carboxylic acids is 2. The van der Waals surface area contributed by atoms with Gasteiger partial charge in [-0.2, -0.15) is 0 Å². The Morgan fingerprint density at radius 3 is 2.79 bits per heavy atom. The van der Waals surface area contributed by atoms with E-state index in [1.807, 2.05) is 20.8 Å². The molecule has 0 aromatic heterocycles. The zero-order chi connectivity index (χ0) is 20.5. The van der Waals surface area contributed by atoms with Gasteiger partial charge >= 0.3 is 12.2 Å². The zero-order valence-electron chi connectivity index (χ0n) is 16.4. The lowest BCUT2D eigenvalue weighted by molar-refractivity contribution is -0.0313. The highest BCUT2D eigenvalue weighted by atomic mass is 79.9. The van der Waals surface area contributed by atoms with Crippen molar-refractivity contribution < 1.29 is 23.5 Å². The lowest BCUT2D eigenvalue weighted by atomic mass is 9.89. The van der Waals surface area contributed by atoms with Crippen molar-refractivity contribution >= 4 is 33.8 Å². The largest absolute Gasteiger partial charge is 0.447 e. The number of ether oxygens (including phenoxy) is 2. The molecule has 2 heterocycles. The summed E-state index contributed by atoms with van der Waals surface area (Å²) < 4.78 is 25.0. The summed E-state index contributed by atoms with van der Waals surface area (Å²) in [5.41, 5.74) is -0.835. The molecule has 0 radical (unpaired) electrons. The standard InChI is InChI=1S/C20H26BrFN2O4/c1-19(2,3)28-18(26)24-14-5-4-9-20(24,10-8-14)12-27-17(25)23-16-11-13(22)6-7-15(16)21/h6-7,11,14H,4-5,8-10,12H2,1-3H3,(H,23,25). The van der Waals surface area contributed by atoms with E-state index in [0.717, 1.165) is 32.1 Å². The number of amides is 2. The van der Waals surface area contributed by atoms with Crippen LogP contribution in [0.5, 0.6) is 0 Å². The van der Waals surface area contributed by atoms with E-state index in [4.69, 9.17) is 9.47 Å². The van der Waals surface area contributed by atoms with Gasteiger partial charge in [0, 0.05) is 10.5 Å². The third kappa shape index (κ3) is 4.59. The Labute approximate surface area is 172 Å². The Kier molecular flexibility index (Phi) is 5.89. The number of benzene rings is 1. The molecule has 1 aromatic rings. The normalized spacial score (nSPS) is 24.0. The molecule has 2 atom stereocenters. The summed E-state index contributed by atoms with van der Waals surface area (Å²) in [5, 5.41) is 2.55. The number of piperidine rings is 1. The topological polar surface area (TPSA) is 67.9 Å². The van der Waals surface area contributed by atoms with Crippen molar-refractivity contribution in [1.82, 2.24) is 4.90 Å². The number of anilines is 1. The number of hydrogen-bond donors (Lipinski definition) is 1. The van der Waals surface area contributed by atoms with E-state index in [0.29, 0.717) is 10.2 Å². The fraction of sp³-hybridized carbons (Fsp3) is 0.600. The zero-order valence-corrected chi connectivity index (χ0v) is 18.0. The number of fused-ring (bicyclic) bond motifs is 2. The maximum absolute atomic E-state index is 13.4. The molecule has 1 aromatic carbocycles. The second-order valence-corrected chi connectivity index (χ2v) is 9.34. The molecule has 2 aliphatic heterocycles. The first-order valence-corrected chi connectivity index (χ1v) is 10.3. The average molecular weight is 457 g/mol. The first-order chi connectivity index (χ1) is 13.1. The van der Waals surface area contributed by atoms with Gasteiger partial charge in [0.2, 0.25) is 0 Å². The van der Waals surface area contributed by atoms with Gasteiger partial charge in [-0.1, -0.05) is 0 Å². The number of nitrogens with zero attached hydrogens (tertiary/aromatic N) is 1. The summed E-state index contributed by atoms with van der Waals surface area (Å²) in [4.78, 5) is 26.9. The number of hydrogen-bond acceptors (Lipinski definition) is 4. The lowest BCUT2D eigenvalue weighted by Gasteiger charge is -2.44. The van der Waals surface area contributed by atoms with Crippen LogP contribution in [0.15, 0.2) is 22.7 Å². The molecule has 2 fully saturated rings. The minimum absolute atomic E-state index is 0.0848. The van der Waals surface area contributed by atoms with Crippen molar-refractivity contribution in [2.45, 2.75) is 70.1 Å². The van der Waals surface area contributed by atoms with Crippen LogP contribution >= 0.6 is 15.9 Å². The highest BCUT2D eigenvalue weighted by molar-refractivity contribution is 9.10. The Hall–Kier alpha value is -1.83. The quantitative estimate of drug-likeness (QED) is 0.655. The van der Waals surface area contributed by atoms with Crippen LogP contribution in [0.2, 0.25) is 0 Å².